The first-order valence-corrected chi connectivity index (χ1v) is 7.46. The Morgan fingerprint density at radius 2 is 1.91 bits per heavy atom. The van der Waals surface area contributed by atoms with Crippen LogP contribution in [-0.4, -0.2) is 12.1 Å². The summed E-state index contributed by atoms with van der Waals surface area (Å²) in [5.41, 5.74) is 2.47. The predicted octanol–water partition coefficient (Wildman–Crippen LogP) is 4.09. The summed E-state index contributed by atoms with van der Waals surface area (Å²) in [6.45, 7) is 2.99. The lowest BCUT2D eigenvalue weighted by atomic mass is 10.1. The van der Waals surface area contributed by atoms with Crippen molar-refractivity contribution in [2.24, 2.45) is 0 Å². The highest BCUT2D eigenvalue weighted by Crippen LogP contribution is 2.22. The van der Waals surface area contributed by atoms with E-state index in [1.54, 1.807) is 13.3 Å². The van der Waals surface area contributed by atoms with Crippen molar-refractivity contribution in [2.75, 3.05) is 7.11 Å². The van der Waals surface area contributed by atoms with Crippen LogP contribution in [0.5, 0.6) is 5.75 Å². The fraction of sp³-hybridized carbons (Fsp3) is 0.211. The van der Waals surface area contributed by atoms with E-state index >= 15 is 0 Å². The van der Waals surface area contributed by atoms with E-state index in [1.165, 1.54) is 21.9 Å². The lowest BCUT2D eigenvalue weighted by Gasteiger charge is -2.14. The third-order valence-corrected chi connectivity index (χ3v) is 3.91. The van der Waals surface area contributed by atoms with Gasteiger partial charge in [0.05, 0.1) is 7.11 Å². The van der Waals surface area contributed by atoms with Gasteiger partial charge in [0.15, 0.2) is 0 Å². The minimum absolute atomic E-state index is 0.278. The molecular weight excluding hydrogens is 272 g/mol. The quantitative estimate of drug-likeness (QED) is 0.769. The third kappa shape index (κ3) is 3.26. The normalized spacial score (nSPS) is 12.3. The molecule has 1 atom stereocenters. The number of benzene rings is 2. The van der Waals surface area contributed by atoms with Gasteiger partial charge in [-0.05, 0) is 53.1 Å². The smallest absolute Gasteiger partial charge is 0.119 e. The molecule has 3 rings (SSSR count). The van der Waals surface area contributed by atoms with Crippen LogP contribution in [0.25, 0.3) is 10.8 Å². The fourth-order valence-corrected chi connectivity index (χ4v) is 2.53. The molecule has 2 aromatic carbocycles. The molecule has 0 fully saturated rings. The van der Waals surface area contributed by atoms with Gasteiger partial charge in [-0.2, -0.15) is 0 Å². The standard InChI is InChI=1S/C19H20N2O/c1-14(18-4-3-9-20-13-18)21-12-15-5-6-17-11-19(22-2)8-7-16(17)10-15/h3-11,13-14,21H,12H2,1-2H3. The monoisotopic (exact) mass is 292 g/mol. The molecule has 0 bridgehead atoms. The number of nitrogens with zero attached hydrogens (tertiary/aromatic N) is 1. The van der Waals surface area contributed by atoms with E-state index in [0.29, 0.717) is 0 Å². The van der Waals surface area contributed by atoms with E-state index in [2.05, 4.69) is 53.6 Å². The number of pyridine rings is 1. The Bertz CT molecular complexity index is 756. The molecule has 0 aliphatic carbocycles. The number of hydrogen-bond acceptors (Lipinski definition) is 3. The van der Waals surface area contributed by atoms with Crippen LogP contribution in [0.2, 0.25) is 0 Å². The maximum absolute atomic E-state index is 5.26. The van der Waals surface area contributed by atoms with Crippen molar-refractivity contribution in [3.8, 4) is 5.75 Å². The summed E-state index contributed by atoms with van der Waals surface area (Å²) in [6, 6.07) is 17.0. The van der Waals surface area contributed by atoms with Crippen LogP contribution in [0.15, 0.2) is 60.9 Å². The molecule has 0 aliphatic heterocycles. The fourth-order valence-electron chi connectivity index (χ4n) is 2.53. The molecule has 3 aromatic rings. The summed E-state index contributed by atoms with van der Waals surface area (Å²) in [7, 11) is 1.69. The maximum Gasteiger partial charge on any atom is 0.119 e. The first kappa shape index (κ1) is 14.5. The molecule has 112 valence electrons. The average Bonchev–Trinajstić information content (AvgIpc) is 2.59. The van der Waals surface area contributed by atoms with Crippen LogP contribution in [0.3, 0.4) is 0 Å². The highest BCUT2D eigenvalue weighted by atomic mass is 16.5. The van der Waals surface area contributed by atoms with Gasteiger partial charge in [-0.3, -0.25) is 4.98 Å². The highest BCUT2D eigenvalue weighted by Gasteiger charge is 2.05. The van der Waals surface area contributed by atoms with Crippen LogP contribution in [0, 0.1) is 0 Å². The first-order chi connectivity index (χ1) is 10.8. The molecule has 0 radical (unpaired) electrons. The first-order valence-electron chi connectivity index (χ1n) is 7.46. The summed E-state index contributed by atoms with van der Waals surface area (Å²) >= 11 is 0. The predicted molar refractivity (Wildman–Crippen MR) is 90.0 cm³/mol. The van der Waals surface area contributed by atoms with Crippen LogP contribution >= 0.6 is 0 Å². The SMILES string of the molecule is COc1ccc2cc(CNC(C)c3cccnc3)ccc2c1. The summed E-state index contributed by atoms with van der Waals surface area (Å²) in [5, 5.41) is 5.97. The lowest BCUT2D eigenvalue weighted by molar-refractivity contribution is 0.415. The van der Waals surface area contributed by atoms with Crippen LogP contribution in [0.4, 0.5) is 0 Å². The van der Waals surface area contributed by atoms with Crippen molar-refractivity contribution >= 4 is 10.8 Å². The van der Waals surface area contributed by atoms with Gasteiger partial charge in [-0.1, -0.05) is 24.3 Å². The zero-order valence-corrected chi connectivity index (χ0v) is 12.9. The van der Waals surface area contributed by atoms with Crippen LogP contribution in [-0.2, 0) is 6.54 Å². The molecule has 1 unspecified atom stereocenters. The van der Waals surface area contributed by atoms with Crippen molar-refractivity contribution < 1.29 is 4.74 Å². The van der Waals surface area contributed by atoms with Crippen molar-refractivity contribution in [1.29, 1.82) is 0 Å². The van der Waals surface area contributed by atoms with Crippen molar-refractivity contribution in [3.05, 3.63) is 72.1 Å². The zero-order chi connectivity index (χ0) is 15.4. The number of nitrogens with one attached hydrogen (secondary N) is 1. The topological polar surface area (TPSA) is 34.1 Å². The highest BCUT2D eigenvalue weighted by molar-refractivity contribution is 5.84. The second kappa shape index (κ2) is 6.58. The van der Waals surface area contributed by atoms with Crippen molar-refractivity contribution in [3.63, 3.8) is 0 Å². The summed E-state index contributed by atoms with van der Waals surface area (Å²) < 4.78 is 5.26. The molecule has 0 amide bonds. The van der Waals surface area contributed by atoms with Gasteiger partial charge in [0.25, 0.3) is 0 Å². The number of rotatable bonds is 5. The Morgan fingerprint density at radius 1 is 1.09 bits per heavy atom. The van der Waals surface area contributed by atoms with Gasteiger partial charge in [0.2, 0.25) is 0 Å². The maximum atomic E-state index is 5.26. The Hall–Kier alpha value is -2.39. The van der Waals surface area contributed by atoms with E-state index in [9.17, 15) is 0 Å². The molecule has 3 nitrogen and oxygen atoms in total. The number of ether oxygens (including phenoxy) is 1. The zero-order valence-electron chi connectivity index (χ0n) is 12.9. The molecule has 0 spiro atoms. The summed E-state index contributed by atoms with van der Waals surface area (Å²) in [6.07, 6.45) is 3.71. The largest absolute Gasteiger partial charge is 0.497 e. The Kier molecular flexibility index (Phi) is 4.35. The van der Waals surface area contributed by atoms with Gasteiger partial charge in [0, 0.05) is 25.0 Å². The Balaban J connectivity index is 1.71. The van der Waals surface area contributed by atoms with Crippen molar-refractivity contribution in [1.82, 2.24) is 10.3 Å². The molecule has 0 saturated heterocycles. The van der Waals surface area contributed by atoms with Crippen LogP contribution in [0.1, 0.15) is 24.1 Å². The van der Waals surface area contributed by atoms with Gasteiger partial charge in [-0.25, -0.2) is 0 Å². The Morgan fingerprint density at radius 3 is 2.68 bits per heavy atom. The lowest BCUT2D eigenvalue weighted by Crippen LogP contribution is -2.18. The number of fused-ring (bicyclic) bond motifs is 1. The van der Waals surface area contributed by atoms with Gasteiger partial charge in [0.1, 0.15) is 5.75 Å². The van der Waals surface area contributed by atoms with E-state index in [4.69, 9.17) is 4.74 Å². The molecule has 0 saturated carbocycles. The van der Waals surface area contributed by atoms with Gasteiger partial charge < -0.3 is 10.1 Å². The number of methoxy groups -OCH3 is 1. The van der Waals surface area contributed by atoms with E-state index in [1.807, 2.05) is 18.3 Å². The number of hydrogen-bond donors (Lipinski definition) is 1. The van der Waals surface area contributed by atoms with Gasteiger partial charge in [-0.15, -0.1) is 0 Å². The summed E-state index contributed by atoms with van der Waals surface area (Å²) in [4.78, 5) is 4.17. The molecule has 1 heterocycles. The third-order valence-electron chi connectivity index (χ3n) is 3.91. The van der Waals surface area contributed by atoms with E-state index in [0.717, 1.165) is 12.3 Å². The van der Waals surface area contributed by atoms with E-state index in [-0.39, 0.29) is 6.04 Å². The van der Waals surface area contributed by atoms with Crippen LogP contribution < -0.4 is 10.1 Å². The second-order valence-electron chi connectivity index (χ2n) is 5.44. The van der Waals surface area contributed by atoms with Gasteiger partial charge >= 0.3 is 0 Å². The molecule has 1 N–H and O–H groups in total. The van der Waals surface area contributed by atoms with Crippen molar-refractivity contribution in [2.45, 2.75) is 19.5 Å². The average molecular weight is 292 g/mol. The minimum atomic E-state index is 0.278. The molecular formula is C19H20N2O. The van der Waals surface area contributed by atoms with E-state index < -0.39 is 0 Å². The minimum Gasteiger partial charge on any atom is -0.497 e. The second-order valence-corrected chi connectivity index (χ2v) is 5.44. The molecule has 3 heteroatoms. The molecule has 22 heavy (non-hydrogen) atoms. The molecule has 1 aromatic heterocycles. The molecule has 0 aliphatic rings. The summed E-state index contributed by atoms with van der Waals surface area (Å²) in [5.74, 6) is 0.892. The number of aromatic nitrogens is 1. The Labute approximate surface area is 131 Å².